The molecule has 0 atom stereocenters. The molecule has 0 unspecified atom stereocenters. The summed E-state index contributed by atoms with van der Waals surface area (Å²) >= 11 is 0. The van der Waals surface area contributed by atoms with E-state index in [-0.39, 0.29) is 13.1 Å². The van der Waals surface area contributed by atoms with Gasteiger partial charge in [-0.15, -0.1) is 0 Å². The first kappa shape index (κ1) is 26.9. The van der Waals surface area contributed by atoms with Crippen molar-refractivity contribution in [2.75, 3.05) is 38.1 Å². The van der Waals surface area contributed by atoms with Crippen LogP contribution in [0, 0.1) is 5.92 Å². The number of alkyl halides is 3. The summed E-state index contributed by atoms with van der Waals surface area (Å²) in [6, 6.07) is 11.4. The Morgan fingerprint density at radius 2 is 1.90 bits per heavy atom. The van der Waals surface area contributed by atoms with Gasteiger partial charge >= 0.3 is 6.18 Å². The number of carbonyl (C=O) groups excluding carboxylic acids is 1. The number of pyridine rings is 1. The van der Waals surface area contributed by atoms with Crippen molar-refractivity contribution in [1.82, 2.24) is 34.7 Å². The highest BCUT2D eigenvalue weighted by Gasteiger charge is 2.34. The van der Waals surface area contributed by atoms with Gasteiger partial charge in [-0.3, -0.25) is 9.69 Å². The van der Waals surface area contributed by atoms with Gasteiger partial charge in [0.2, 0.25) is 17.7 Å². The highest BCUT2D eigenvalue weighted by atomic mass is 19.4. The van der Waals surface area contributed by atoms with E-state index < -0.39 is 18.5 Å². The van der Waals surface area contributed by atoms with Gasteiger partial charge in [0.15, 0.2) is 0 Å². The van der Waals surface area contributed by atoms with E-state index in [0.717, 1.165) is 27.9 Å². The number of rotatable bonds is 9. The van der Waals surface area contributed by atoms with Crippen LogP contribution in [0.1, 0.15) is 24.8 Å². The van der Waals surface area contributed by atoms with Gasteiger partial charge in [0.1, 0.15) is 18.6 Å². The van der Waals surface area contributed by atoms with Gasteiger partial charge in [0.25, 0.3) is 0 Å². The maximum atomic E-state index is 12.6. The zero-order valence-electron chi connectivity index (χ0n) is 22.2. The number of anilines is 2. The molecule has 3 aromatic heterocycles. The van der Waals surface area contributed by atoms with E-state index in [1.165, 1.54) is 24.1 Å². The predicted octanol–water partition coefficient (Wildman–Crippen LogP) is 4.54. The van der Waals surface area contributed by atoms with Crippen LogP contribution in [-0.4, -0.2) is 79.6 Å². The number of H-pyrrole nitrogens is 1. The minimum atomic E-state index is -4.49. The fourth-order valence-corrected chi connectivity index (χ4v) is 4.76. The number of nitrogens with zero attached hydrogens (tertiary/aromatic N) is 6. The van der Waals surface area contributed by atoms with Crippen molar-refractivity contribution in [2.45, 2.75) is 32.0 Å². The van der Waals surface area contributed by atoms with Crippen molar-refractivity contribution in [3.05, 3.63) is 54.5 Å². The van der Waals surface area contributed by atoms with E-state index in [2.05, 4.69) is 35.1 Å². The van der Waals surface area contributed by atoms with E-state index in [1.807, 2.05) is 36.4 Å². The zero-order chi connectivity index (χ0) is 28.4. The zero-order valence-corrected chi connectivity index (χ0v) is 22.2. The Labute approximate surface area is 234 Å². The number of carbonyl (C=O) groups is 1. The summed E-state index contributed by atoms with van der Waals surface area (Å²) in [6.45, 7) is 2.66. The summed E-state index contributed by atoms with van der Waals surface area (Å²) < 4.78 is 43.6. The fraction of sp³-hybridized carbons (Fsp3) is 0.393. The number of benzene rings is 1. The van der Waals surface area contributed by atoms with E-state index in [1.54, 1.807) is 6.20 Å². The molecule has 13 heteroatoms. The van der Waals surface area contributed by atoms with Crippen molar-refractivity contribution in [2.24, 2.45) is 5.92 Å². The molecule has 2 aliphatic rings. The summed E-state index contributed by atoms with van der Waals surface area (Å²) in [5.74, 6) is 1.46. The molecule has 1 aliphatic carbocycles. The number of piperazine rings is 1. The van der Waals surface area contributed by atoms with Crippen LogP contribution in [-0.2, 0) is 11.3 Å². The molecule has 10 nitrogen and oxygen atoms in total. The van der Waals surface area contributed by atoms with Gasteiger partial charge in [-0.25, -0.2) is 19.9 Å². The van der Waals surface area contributed by atoms with Gasteiger partial charge in [-0.1, -0.05) is 12.1 Å². The van der Waals surface area contributed by atoms with Crippen LogP contribution in [0.15, 0.2) is 48.9 Å². The summed E-state index contributed by atoms with van der Waals surface area (Å²) in [5.41, 5.74) is 4.15. The van der Waals surface area contributed by atoms with Crippen molar-refractivity contribution in [3.63, 3.8) is 0 Å². The number of halogens is 3. The molecule has 4 aromatic rings. The summed E-state index contributed by atoms with van der Waals surface area (Å²) in [6.07, 6.45) is -0.316. The fourth-order valence-electron chi connectivity index (χ4n) is 4.76. The van der Waals surface area contributed by atoms with Crippen molar-refractivity contribution in [1.29, 1.82) is 0 Å². The highest BCUT2D eigenvalue weighted by molar-refractivity contribution is 5.83. The number of ether oxygens (including phenoxy) is 1. The number of amides is 1. The lowest BCUT2D eigenvalue weighted by Gasteiger charge is -2.35. The van der Waals surface area contributed by atoms with Gasteiger partial charge in [0, 0.05) is 56.1 Å². The standard InChI is InChI=1S/C28H29F3N8O2/c29-28(30,31)14-25(40)39-10-8-38(9-11-39)15-20-2-1-7-32-26(20)37-27-35-21-6-5-19(12-23(21)36-27)22-13-24(34-17-33-22)41-16-18-3-4-18/h1-2,5-7,12-13,17-18H,3-4,8-11,14-16H2,(H2,32,35,36,37). The third-order valence-electron chi connectivity index (χ3n) is 7.18. The molecule has 2 N–H and O–H groups in total. The second kappa shape index (κ2) is 11.3. The lowest BCUT2D eigenvalue weighted by molar-refractivity contribution is -0.162. The molecular formula is C28H29F3N8O2. The Morgan fingerprint density at radius 1 is 1.07 bits per heavy atom. The minimum absolute atomic E-state index is 0.254. The van der Waals surface area contributed by atoms with Gasteiger partial charge in [0.05, 0.1) is 23.3 Å². The molecule has 0 bridgehead atoms. The van der Waals surface area contributed by atoms with Gasteiger partial charge in [-0.2, -0.15) is 13.2 Å². The number of hydrogen-bond acceptors (Lipinski definition) is 8. The lowest BCUT2D eigenvalue weighted by atomic mass is 10.1. The van der Waals surface area contributed by atoms with Crippen molar-refractivity contribution < 1.29 is 22.7 Å². The van der Waals surface area contributed by atoms with E-state index in [4.69, 9.17) is 4.74 Å². The average molecular weight is 567 g/mol. The second-order valence-corrected chi connectivity index (χ2v) is 10.4. The molecule has 4 heterocycles. The molecule has 1 saturated carbocycles. The minimum Gasteiger partial charge on any atom is -0.477 e. The Bertz CT molecular complexity index is 1530. The van der Waals surface area contributed by atoms with E-state index in [9.17, 15) is 18.0 Å². The molecule has 1 aliphatic heterocycles. The Hall–Kier alpha value is -4.26. The monoisotopic (exact) mass is 566 g/mol. The number of nitrogens with one attached hydrogen (secondary N) is 2. The van der Waals surface area contributed by atoms with Crippen LogP contribution < -0.4 is 10.1 Å². The van der Waals surface area contributed by atoms with Gasteiger partial charge in [-0.05, 0) is 37.0 Å². The maximum Gasteiger partial charge on any atom is 0.397 e. The average Bonchev–Trinajstić information content (AvgIpc) is 3.70. The largest absolute Gasteiger partial charge is 0.477 e. The van der Waals surface area contributed by atoms with E-state index in [0.29, 0.717) is 49.8 Å². The highest BCUT2D eigenvalue weighted by Crippen LogP contribution is 2.30. The topological polar surface area (TPSA) is 112 Å². The summed E-state index contributed by atoms with van der Waals surface area (Å²) in [5, 5.41) is 3.27. The first-order chi connectivity index (χ1) is 19.8. The van der Waals surface area contributed by atoms with Crippen LogP contribution in [0.4, 0.5) is 24.9 Å². The molecule has 41 heavy (non-hydrogen) atoms. The molecular weight excluding hydrogens is 537 g/mol. The van der Waals surface area contributed by atoms with E-state index >= 15 is 0 Å². The Morgan fingerprint density at radius 3 is 2.68 bits per heavy atom. The quantitative estimate of drug-likeness (QED) is 0.304. The normalized spacial score (nSPS) is 16.2. The first-order valence-corrected chi connectivity index (χ1v) is 13.5. The molecule has 0 spiro atoms. The predicted molar refractivity (Wildman–Crippen MR) is 145 cm³/mol. The number of fused-ring (bicyclic) bond motifs is 1. The molecule has 0 radical (unpaired) electrons. The SMILES string of the molecule is O=C(CC(F)(F)F)N1CCN(Cc2cccnc2Nc2nc3ccc(-c4cc(OCC5CC5)ncn4)cc3[nH]2)CC1. The Balaban J connectivity index is 1.11. The number of aromatic amines is 1. The third kappa shape index (κ3) is 6.91. The molecule has 6 rings (SSSR count). The third-order valence-corrected chi connectivity index (χ3v) is 7.18. The first-order valence-electron chi connectivity index (χ1n) is 13.5. The number of imidazole rings is 1. The van der Waals surface area contributed by atoms with Crippen LogP contribution in [0.25, 0.3) is 22.3 Å². The molecule has 2 fully saturated rings. The van der Waals surface area contributed by atoms with Crippen LogP contribution in [0.5, 0.6) is 5.88 Å². The number of hydrogen-bond donors (Lipinski definition) is 2. The molecule has 1 saturated heterocycles. The summed E-state index contributed by atoms with van der Waals surface area (Å²) in [4.78, 5) is 36.3. The second-order valence-electron chi connectivity index (χ2n) is 10.4. The summed E-state index contributed by atoms with van der Waals surface area (Å²) in [7, 11) is 0. The van der Waals surface area contributed by atoms with Crippen molar-refractivity contribution in [3.8, 4) is 17.1 Å². The maximum absolute atomic E-state index is 12.6. The molecule has 214 valence electrons. The number of aromatic nitrogens is 5. The molecule has 1 amide bonds. The van der Waals surface area contributed by atoms with Crippen LogP contribution >= 0.6 is 0 Å². The Kier molecular flexibility index (Phi) is 7.43. The smallest absolute Gasteiger partial charge is 0.397 e. The van der Waals surface area contributed by atoms with Crippen LogP contribution in [0.3, 0.4) is 0 Å². The molecule has 1 aromatic carbocycles. The van der Waals surface area contributed by atoms with Crippen LogP contribution in [0.2, 0.25) is 0 Å². The van der Waals surface area contributed by atoms with Gasteiger partial charge < -0.3 is 19.9 Å². The lowest BCUT2D eigenvalue weighted by Crippen LogP contribution is -2.49. The van der Waals surface area contributed by atoms with Crippen molar-refractivity contribution >= 4 is 28.7 Å².